The van der Waals surface area contributed by atoms with E-state index in [2.05, 4.69) is 4.90 Å². The molecule has 1 unspecified atom stereocenters. The molecule has 2 rings (SSSR count). The standard InChI is InChI=1S/C16H24ClNO3/c1-11(19)12-6-8-18(9-7-12)10-13-4-5-14(20-2)16(21-3)15(13)17/h4-5,11-12,19H,6-10H2,1-3H3. The molecule has 0 spiro atoms. The zero-order chi connectivity index (χ0) is 15.4. The highest BCUT2D eigenvalue weighted by atomic mass is 35.5. The maximum atomic E-state index is 9.65. The van der Waals surface area contributed by atoms with Gasteiger partial charge >= 0.3 is 0 Å². The smallest absolute Gasteiger partial charge is 0.179 e. The molecule has 1 N–H and O–H groups in total. The van der Waals surface area contributed by atoms with Crippen LogP contribution in [-0.2, 0) is 6.54 Å². The molecule has 1 aromatic carbocycles. The van der Waals surface area contributed by atoms with Crippen molar-refractivity contribution in [2.24, 2.45) is 5.92 Å². The third kappa shape index (κ3) is 3.82. The van der Waals surface area contributed by atoms with Gasteiger partial charge in [-0.25, -0.2) is 0 Å². The molecule has 0 saturated carbocycles. The van der Waals surface area contributed by atoms with E-state index in [-0.39, 0.29) is 6.10 Å². The van der Waals surface area contributed by atoms with Crippen molar-refractivity contribution >= 4 is 11.6 Å². The summed E-state index contributed by atoms with van der Waals surface area (Å²) in [6.07, 6.45) is 1.85. The average molecular weight is 314 g/mol. The number of hydrogen-bond acceptors (Lipinski definition) is 4. The van der Waals surface area contributed by atoms with Crippen molar-refractivity contribution in [3.63, 3.8) is 0 Å². The first-order valence-electron chi connectivity index (χ1n) is 7.36. The van der Waals surface area contributed by atoms with Gasteiger partial charge in [0.1, 0.15) is 0 Å². The summed E-state index contributed by atoms with van der Waals surface area (Å²) < 4.78 is 10.6. The number of hydrogen-bond donors (Lipinski definition) is 1. The summed E-state index contributed by atoms with van der Waals surface area (Å²) in [6, 6.07) is 3.88. The molecule has 1 fully saturated rings. The van der Waals surface area contributed by atoms with Crippen LogP contribution in [0.2, 0.25) is 5.02 Å². The number of aliphatic hydroxyl groups excluding tert-OH is 1. The van der Waals surface area contributed by atoms with Gasteiger partial charge in [0.25, 0.3) is 0 Å². The second-order valence-electron chi connectivity index (χ2n) is 5.63. The predicted octanol–water partition coefficient (Wildman–Crippen LogP) is 2.95. The van der Waals surface area contributed by atoms with Crippen molar-refractivity contribution in [2.75, 3.05) is 27.3 Å². The Balaban J connectivity index is 2.04. The summed E-state index contributed by atoms with van der Waals surface area (Å²) in [6.45, 7) is 4.65. The van der Waals surface area contributed by atoms with Gasteiger partial charge in [-0.05, 0) is 50.4 Å². The minimum atomic E-state index is -0.211. The lowest BCUT2D eigenvalue weighted by molar-refractivity contribution is 0.0695. The van der Waals surface area contributed by atoms with Gasteiger partial charge in [-0.2, -0.15) is 0 Å². The first-order valence-corrected chi connectivity index (χ1v) is 7.74. The van der Waals surface area contributed by atoms with E-state index in [1.54, 1.807) is 14.2 Å². The molecule has 1 aromatic rings. The van der Waals surface area contributed by atoms with E-state index in [9.17, 15) is 5.11 Å². The Morgan fingerprint density at radius 3 is 2.48 bits per heavy atom. The van der Waals surface area contributed by atoms with E-state index in [1.807, 2.05) is 19.1 Å². The van der Waals surface area contributed by atoms with Crippen molar-refractivity contribution < 1.29 is 14.6 Å². The summed E-state index contributed by atoms with van der Waals surface area (Å²) in [5.41, 5.74) is 1.05. The zero-order valence-corrected chi connectivity index (χ0v) is 13.7. The van der Waals surface area contributed by atoms with Crippen LogP contribution in [0.1, 0.15) is 25.3 Å². The average Bonchev–Trinajstić information content (AvgIpc) is 2.49. The third-order valence-electron chi connectivity index (χ3n) is 4.27. The topological polar surface area (TPSA) is 41.9 Å². The molecule has 1 atom stereocenters. The van der Waals surface area contributed by atoms with Crippen LogP contribution in [0.15, 0.2) is 12.1 Å². The van der Waals surface area contributed by atoms with E-state index < -0.39 is 0 Å². The summed E-state index contributed by atoms with van der Waals surface area (Å²) >= 11 is 6.42. The van der Waals surface area contributed by atoms with E-state index in [0.717, 1.165) is 38.0 Å². The molecule has 1 saturated heterocycles. The first kappa shape index (κ1) is 16.4. The van der Waals surface area contributed by atoms with E-state index in [4.69, 9.17) is 21.1 Å². The number of nitrogens with zero attached hydrogens (tertiary/aromatic N) is 1. The number of halogens is 1. The van der Waals surface area contributed by atoms with Crippen molar-refractivity contribution in [2.45, 2.75) is 32.4 Å². The Morgan fingerprint density at radius 1 is 1.29 bits per heavy atom. The van der Waals surface area contributed by atoms with Gasteiger partial charge in [0.2, 0.25) is 0 Å². The summed E-state index contributed by atoms with van der Waals surface area (Å²) in [4.78, 5) is 2.37. The van der Waals surface area contributed by atoms with Gasteiger partial charge in [-0.1, -0.05) is 17.7 Å². The Bertz CT molecular complexity index is 471. The Kier molecular flexibility index (Phi) is 5.73. The van der Waals surface area contributed by atoms with Crippen molar-refractivity contribution in [3.8, 4) is 11.5 Å². The molecule has 4 nitrogen and oxygen atoms in total. The Morgan fingerprint density at radius 2 is 1.95 bits per heavy atom. The molecule has 1 aliphatic rings. The second-order valence-corrected chi connectivity index (χ2v) is 6.01. The van der Waals surface area contributed by atoms with Gasteiger partial charge < -0.3 is 14.6 Å². The minimum absolute atomic E-state index is 0.211. The number of aliphatic hydroxyl groups is 1. The summed E-state index contributed by atoms with van der Waals surface area (Å²) in [5, 5.41) is 10.3. The Hall–Kier alpha value is -0.970. The quantitative estimate of drug-likeness (QED) is 0.907. The fourth-order valence-corrected chi connectivity index (χ4v) is 3.18. The Labute approximate surface area is 131 Å². The highest BCUT2D eigenvalue weighted by molar-refractivity contribution is 6.33. The number of rotatable bonds is 5. The van der Waals surface area contributed by atoms with Gasteiger partial charge in [-0.3, -0.25) is 4.90 Å². The predicted molar refractivity (Wildman–Crippen MR) is 84.2 cm³/mol. The lowest BCUT2D eigenvalue weighted by Gasteiger charge is -2.33. The monoisotopic (exact) mass is 313 g/mol. The van der Waals surface area contributed by atoms with Gasteiger partial charge in [0, 0.05) is 6.54 Å². The molecular formula is C16H24ClNO3. The minimum Gasteiger partial charge on any atom is -0.493 e. The highest BCUT2D eigenvalue weighted by Gasteiger charge is 2.23. The van der Waals surface area contributed by atoms with Crippen LogP contribution in [0.25, 0.3) is 0 Å². The van der Waals surface area contributed by atoms with Crippen LogP contribution in [0.4, 0.5) is 0 Å². The molecule has 5 heteroatoms. The molecule has 21 heavy (non-hydrogen) atoms. The molecule has 0 aromatic heterocycles. The molecule has 0 aliphatic carbocycles. The number of benzene rings is 1. The third-order valence-corrected chi connectivity index (χ3v) is 4.69. The van der Waals surface area contributed by atoms with Crippen molar-refractivity contribution in [3.05, 3.63) is 22.7 Å². The second kappa shape index (κ2) is 7.34. The number of likely N-dealkylation sites (tertiary alicyclic amines) is 1. The molecule has 0 bridgehead atoms. The van der Waals surface area contributed by atoms with Crippen molar-refractivity contribution in [1.82, 2.24) is 4.90 Å². The maximum absolute atomic E-state index is 9.65. The highest BCUT2D eigenvalue weighted by Crippen LogP contribution is 2.38. The number of piperidine rings is 1. The fourth-order valence-electron chi connectivity index (χ4n) is 2.89. The first-order chi connectivity index (χ1) is 10.1. The summed E-state index contributed by atoms with van der Waals surface area (Å²) in [5.74, 6) is 1.66. The van der Waals surface area contributed by atoms with Gasteiger partial charge in [0.05, 0.1) is 25.3 Å². The molecule has 0 amide bonds. The van der Waals surface area contributed by atoms with Crippen LogP contribution in [0.3, 0.4) is 0 Å². The largest absolute Gasteiger partial charge is 0.493 e. The van der Waals surface area contributed by atoms with Crippen molar-refractivity contribution in [1.29, 1.82) is 0 Å². The summed E-state index contributed by atoms with van der Waals surface area (Å²) in [7, 11) is 3.20. The van der Waals surface area contributed by atoms with E-state index in [1.165, 1.54) is 0 Å². The lowest BCUT2D eigenvalue weighted by atomic mass is 9.92. The number of ether oxygens (including phenoxy) is 2. The van der Waals surface area contributed by atoms with Crippen LogP contribution in [0.5, 0.6) is 11.5 Å². The molecule has 1 aliphatic heterocycles. The molecule has 0 radical (unpaired) electrons. The van der Waals surface area contributed by atoms with Crippen LogP contribution < -0.4 is 9.47 Å². The van der Waals surface area contributed by atoms with Gasteiger partial charge in [0.15, 0.2) is 11.5 Å². The zero-order valence-electron chi connectivity index (χ0n) is 12.9. The molecule has 1 heterocycles. The normalized spacial score (nSPS) is 18.5. The van der Waals surface area contributed by atoms with Crippen LogP contribution >= 0.6 is 11.6 Å². The fraction of sp³-hybridized carbons (Fsp3) is 0.625. The van der Waals surface area contributed by atoms with Gasteiger partial charge in [-0.15, -0.1) is 0 Å². The van der Waals surface area contributed by atoms with Crippen LogP contribution in [0, 0.1) is 5.92 Å². The van der Waals surface area contributed by atoms with Crippen LogP contribution in [-0.4, -0.2) is 43.4 Å². The maximum Gasteiger partial charge on any atom is 0.179 e. The number of methoxy groups -OCH3 is 2. The lowest BCUT2D eigenvalue weighted by Crippen LogP contribution is -2.36. The SMILES string of the molecule is COc1ccc(CN2CCC(C(C)O)CC2)c(Cl)c1OC. The van der Waals surface area contributed by atoms with E-state index >= 15 is 0 Å². The van der Waals surface area contributed by atoms with E-state index in [0.29, 0.717) is 22.4 Å². The molecular weight excluding hydrogens is 290 g/mol. The molecule has 118 valence electrons.